The number of alkyl halides is 5. The van der Waals surface area contributed by atoms with Crippen molar-refractivity contribution in [1.29, 1.82) is 0 Å². The quantitative estimate of drug-likeness (QED) is 0.254. The molecule has 2 aliphatic rings. The molecule has 0 spiro atoms. The van der Waals surface area contributed by atoms with E-state index in [0.29, 0.717) is 29.9 Å². The highest BCUT2D eigenvalue weighted by molar-refractivity contribution is 5.74. The van der Waals surface area contributed by atoms with E-state index in [1.807, 2.05) is 18.2 Å². The number of oxazole rings is 1. The van der Waals surface area contributed by atoms with Crippen LogP contribution in [0.5, 0.6) is 0 Å². The van der Waals surface area contributed by atoms with E-state index in [1.54, 1.807) is 30.3 Å². The fourth-order valence-electron chi connectivity index (χ4n) is 5.33. The molecule has 1 aromatic heterocycles. The number of ether oxygens (including phenoxy) is 2. The third-order valence-corrected chi connectivity index (χ3v) is 7.89. The standard InChI is InChI=1S/C29H33F5N4O4/c30-28(31)10-8-18(9-11-28)25(38-27(39)41-14-17-4-2-1-3-5-17)26-37-21-12-19(6-7-22(21)42-26)24(20-15-40-16-20)36-13-23(35)29(32,33)34/h1-7,12,18,20,23-25,36H,8-11,13-16,35H2,(H,38,39)/t23-,24?,25?/m0/s1. The van der Waals surface area contributed by atoms with Gasteiger partial charge in [-0.3, -0.25) is 0 Å². The van der Waals surface area contributed by atoms with Gasteiger partial charge in [-0.15, -0.1) is 0 Å². The number of fused-ring (bicyclic) bond motifs is 1. The predicted octanol–water partition coefficient (Wildman–Crippen LogP) is 5.79. The van der Waals surface area contributed by atoms with E-state index in [4.69, 9.17) is 19.6 Å². The van der Waals surface area contributed by atoms with Crippen LogP contribution >= 0.6 is 0 Å². The van der Waals surface area contributed by atoms with Crippen LogP contribution in [-0.2, 0) is 16.1 Å². The fourth-order valence-corrected chi connectivity index (χ4v) is 5.33. The van der Waals surface area contributed by atoms with Crippen molar-refractivity contribution in [3.63, 3.8) is 0 Å². The van der Waals surface area contributed by atoms with Crippen LogP contribution in [0, 0.1) is 11.8 Å². The molecule has 1 amide bonds. The van der Waals surface area contributed by atoms with Gasteiger partial charge in [0.25, 0.3) is 0 Å². The topological polar surface area (TPSA) is 112 Å². The monoisotopic (exact) mass is 596 g/mol. The van der Waals surface area contributed by atoms with Crippen LogP contribution in [0.15, 0.2) is 52.9 Å². The largest absolute Gasteiger partial charge is 0.445 e. The number of nitrogens with zero attached hydrogens (tertiary/aromatic N) is 1. The lowest BCUT2D eigenvalue weighted by molar-refractivity contribution is -0.147. The van der Waals surface area contributed by atoms with Crippen LogP contribution in [-0.4, -0.2) is 49.0 Å². The van der Waals surface area contributed by atoms with E-state index in [0.717, 1.165) is 5.56 Å². The summed E-state index contributed by atoms with van der Waals surface area (Å²) in [5.74, 6) is -3.06. The summed E-state index contributed by atoms with van der Waals surface area (Å²) in [6.07, 6.45) is -5.63. The number of hydrogen-bond donors (Lipinski definition) is 3. The SMILES string of the molecule is N[C@@H](CNC(c1ccc2oc(C(NC(=O)OCc3ccccc3)C3CCC(F)(F)CC3)nc2c1)C1COC1)C(F)(F)F. The summed E-state index contributed by atoms with van der Waals surface area (Å²) in [6.45, 7) is 0.307. The van der Waals surface area contributed by atoms with Crippen molar-refractivity contribution in [2.45, 2.75) is 62.5 Å². The van der Waals surface area contributed by atoms with Crippen LogP contribution < -0.4 is 16.4 Å². The van der Waals surface area contributed by atoms with Gasteiger partial charge in [0.15, 0.2) is 5.58 Å². The van der Waals surface area contributed by atoms with Gasteiger partial charge in [0.1, 0.15) is 24.2 Å². The molecule has 2 aromatic carbocycles. The molecule has 5 rings (SSSR count). The molecule has 8 nitrogen and oxygen atoms in total. The number of alkyl carbamates (subject to hydrolysis) is 1. The molecule has 1 aliphatic heterocycles. The molecule has 0 radical (unpaired) electrons. The maximum Gasteiger partial charge on any atom is 0.408 e. The van der Waals surface area contributed by atoms with Crippen molar-refractivity contribution in [3.8, 4) is 0 Å². The van der Waals surface area contributed by atoms with Gasteiger partial charge in [-0.05, 0) is 42.0 Å². The molecule has 13 heteroatoms. The highest BCUT2D eigenvalue weighted by Gasteiger charge is 2.41. The minimum absolute atomic E-state index is 0.0241. The van der Waals surface area contributed by atoms with E-state index >= 15 is 0 Å². The van der Waals surface area contributed by atoms with Crippen molar-refractivity contribution < 1.29 is 40.6 Å². The summed E-state index contributed by atoms with van der Waals surface area (Å²) in [7, 11) is 0. The minimum atomic E-state index is -4.54. The smallest absolute Gasteiger partial charge is 0.408 e. The van der Waals surface area contributed by atoms with Gasteiger partial charge in [-0.25, -0.2) is 18.6 Å². The zero-order valence-electron chi connectivity index (χ0n) is 22.7. The predicted molar refractivity (Wildman–Crippen MR) is 143 cm³/mol. The summed E-state index contributed by atoms with van der Waals surface area (Å²) in [5.41, 5.74) is 7.57. The number of halogens is 5. The normalized spacial score (nSPS) is 20.0. The Hall–Kier alpha value is -3.29. The molecule has 2 heterocycles. The van der Waals surface area contributed by atoms with Crippen LogP contribution in [0.4, 0.5) is 26.7 Å². The highest BCUT2D eigenvalue weighted by Crippen LogP contribution is 2.42. The van der Waals surface area contributed by atoms with Gasteiger partial charge < -0.3 is 30.3 Å². The maximum absolute atomic E-state index is 13.9. The molecule has 4 N–H and O–H groups in total. The van der Waals surface area contributed by atoms with E-state index in [-0.39, 0.29) is 50.0 Å². The number of carbonyl (C=O) groups excluding carboxylic acids is 1. The number of rotatable bonds is 10. The molecule has 42 heavy (non-hydrogen) atoms. The highest BCUT2D eigenvalue weighted by atomic mass is 19.4. The van der Waals surface area contributed by atoms with Gasteiger partial charge in [0.2, 0.25) is 11.8 Å². The van der Waals surface area contributed by atoms with Crippen LogP contribution in [0.1, 0.15) is 54.8 Å². The number of carbonyl (C=O) groups is 1. The first kappa shape index (κ1) is 30.2. The lowest BCUT2D eigenvalue weighted by Gasteiger charge is -2.35. The fraction of sp³-hybridized carbons (Fsp3) is 0.517. The average Bonchev–Trinajstić information content (AvgIpc) is 3.35. The molecule has 228 valence electrons. The van der Waals surface area contributed by atoms with Crippen LogP contribution in [0.25, 0.3) is 11.1 Å². The van der Waals surface area contributed by atoms with E-state index < -0.39 is 42.9 Å². The summed E-state index contributed by atoms with van der Waals surface area (Å²) in [4.78, 5) is 17.4. The second kappa shape index (κ2) is 12.5. The molecule has 3 atom stereocenters. The lowest BCUT2D eigenvalue weighted by atomic mass is 9.82. The van der Waals surface area contributed by atoms with Crippen molar-refractivity contribution in [3.05, 3.63) is 65.5 Å². The zero-order chi connectivity index (χ0) is 29.9. The molecular formula is C29H33F5N4O4. The molecule has 1 saturated heterocycles. The van der Waals surface area contributed by atoms with Crippen molar-refractivity contribution in [1.82, 2.24) is 15.6 Å². The maximum atomic E-state index is 13.9. The summed E-state index contributed by atoms with van der Waals surface area (Å²) in [5, 5.41) is 5.69. The molecule has 1 aliphatic carbocycles. The molecule has 0 bridgehead atoms. The van der Waals surface area contributed by atoms with E-state index in [1.165, 1.54) is 0 Å². The first-order valence-corrected chi connectivity index (χ1v) is 13.9. The van der Waals surface area contributed by atoms with Gasteiger partial charge in [0, 0.05) is 31.3 Å². The Labute approximate surface area is 239 Å². The number of nitrogens with one attached hydrogen (secondary N) is 2. The molecule has 3 aromatic rings. The second-order valence-corrected chi connectivity index (χ2v) is 11.0. The first-order chi connectivity index (χ1) is 20.0. The van der Waals surface area contributed by atoms with Crippen LogP contribution in [0.2, 0.25) is 0 Å². The third kappa shape index (κ3) is 7.37. The molecular weight excluding hydrogens is 563 g/mol. The molecule has 2 unspecified atom stereocenters. The number of nitrogens with two attached hydrogens (primary N) is 1. The Balaban J connectivity index is 1.36. The summed E-state index contributed by atoms with van der Waals surface area (Å²) >= 11 is 0. The average molecular weight is 597 g/mol. The number of aromatic nitrogens is 1. The van der Waals surface area contributed by atoms with Gasteiger partial charge in [-0.1, -0.05) is 36.4 Å². The Morgan fingerprint density at radius 2 is 1.79 bits per heavy atom. The van der Waals surface area contributed by atoms with Gasteiger partial charge >= 0.3 is 12.3 Å². The Morgan fingerprint density at radius 1 is 1.07 bits per heavy atom. The van der Waals surface area contributed by atoms with E-state index in [9.17, 15) is 26.7 Å². The Morgan fingerprint density at radius 3 is 2.43 bits per heavy atom. The Kier molecular flexibility index (Phi) is 9.00. The number of amides is 1. The van der Waals surface area contributed by atoms with Crippen molar-refractivity contribution >= 4 is 17.2 Å². The second-order valence-electron chi connectivity index (χ2n) is 11.0. The van der Waals surface area contributed by atoms with Crippen molar-refractivity contribution in [2.24, 2.45) is 17.6 Å². The number of hydrogen-bond acceptors (Lipinski definition) is 7. The number of benzene rings is 2. The Bertz CT molecular complexity index is 1340. The van der Waals surface area contributed by atoms with Crippen molar-refractivity contribution in [2.75, 3.05) is 19.8 Å². The molecule has 1 saturated carbocycles. The molecule has 2 fully saturated rings. The summed E-state index contributed by atoms with van der Waals surface area (Å²) < 4.78 is 83.6. The summed E-state index contributed by atoms with van der Waals surface area (Å²) in [6, 6.07) is 10.8. The van der Waals surface area contributed by atoms with Gasteiger partial charge in [-0.2, -0.15) is 13.2 Å². The lowest BCUT2D eigenvalue weighted by Crippen LogP contribution is -2.49. The van der Waals surface area contributed by atoms with E-state index in [2.05, 4.69) is 15.6 Å². The first-order valence-electron chi connectivity index (χ1n) is 13.9. The third-order valence-electron chi connectivity index (χ3n) is 7.89. The zero-order valence-corrected chi connectivity index (χ0v) is 22.7. The van der Waals surface area contributed by atoms with Gasteiger partial charge in [0.05, 0.1) is 13.2 Å². The minimum Gasteiger partial charge on any atom is -0.445 e. The van der Waals surface area contributed by atoms with Crippen LogP contribution in [0.3, 0.4) is 0 Å².